The molecular weight excluding hydrogens is 426 g/mol. The molecule has 0 spiro atoms. The predicted octanol–water partition coefficient (Wildman–Crippen LogP) is 4.03. The van der Waals surface area contributed by atoms with Crippen LogP contribution in [0.15, 0.2) is 48.5 Å². The Bertz CT molecular complexity index is 918. The summed E-state index contributed by atoms with van der Waals surface area (Å²) in [6.45, 7) is 0.379. The number of carbonyl (C=O) groups excluding carboxylic acids is 2. The molecule has 0 radical (unpaired) electrons. The van der Waals surface area contributed by atoms with Gasteiger partial charge in [-0.3, -0.25) is 14.5 Å². The van der Waals surface area contributed by atoms with Crippen LogP contribution in [-0.4, -0.2) is 48.5 Å². The Morgan fingerprint density at radius 2 is 1.66 bits per heavy atom. The molecule has 2 aliphatic rings. The lowest BCUT2D eigenvalue weighted by Gasteiger charge is -2.48. The number of methoxy groups -OCH3 is 1. The molecular formula is C25H30ClN3O3. The number of rotatable bonds is 7. The zero-order valence-electron chi connectivity index (χ0n) is 18.4. The van der Waals surface area contributed by atoms with Gasteiger partial charge in [0.05, 0.1) is 20.1 Å². The molecule has 0 aliphatic carbocycles. The minimum Gasteiger partial charge on any atom is -0.497 e. The zero-order chi connectivity index (χ0) is 22.5. The predicted molar refractivity (Wildman–Crippen MR) is 126 cm³/mol. The third kappa shape index (κ3) is 5.81. The van der Waals surface area contributed by atoms with E-state index in [2.05, 4.69) is 15.5 Å². The fourth-order valence-corrected chi connectivity index (χ4v) is 5.09. The van der Waals surface area contributed by atoms with E-state index in [1.807, 2.05) is 36.4 Å². The van der Waals surface area contributed by atoms with Gasteiger partial charge in [-0.1, -0.05) is 30.2 Å². The number of nitrogens with one attached hydrogen (secondary N) is 2. The number of carbonyl (C=O) groups is 2. The van der Waals surface area contributed by atoms with E-state index in [0.29, 0.717) is 30.1 Å². The van der Waals surface area contributed by atoms with Gasteiger partial charge < -0.3 is 15.4 Å². The Balaban J connectivity index is 1.30. The number of fused-ring (bicyclic) bond motifs is 2. The number of hydrogen-bond donors (Lipinski definition) is 2. The maximum absolute atomic E-state index is 12.6. The van der Waals surface area contributed by atoms with E-state index in [0.717, 1.165) is 42.7 Å². The molecule has 2 bridgehead atoms. The standard InChI is InChI=1S/C25H30ClN3O3/c1-32-23-11-5-17(6-12-23)13-24(30)28-20-14-21-3-2-4-22(15-20)29(21)16-25(31)27-19-9-7-18(26)8-10-19/h5-12,20-22H,2-4,13-16H2,1H3,(H,27,31)(H,28,30). The first-order valence-electron chi connectivity index (χ1n) is 11.2. The number of anilines is 1. The van der Waals surface area contributed by atoms with Crippen molar-refractivity contribution >= 4 is 29.1 Å². The summed E-state index contributed by atoms with van der Waals surface area (Å²) in [5.74, 6) is 0.827. The molecule has 2 amide bonds. The SMILES string of the molecule is COc1ccc(CC(=O)NC2CC3CCCC(C2)N3CC(=O)Nc2ccc(Cl)cc2)cc1. The smallest absolute Gasteiger partial charge is 0.238 e. The molecule has 2 N–H and O–H groups in total. The quantitative estimate of drug-likeness (QED) is 0.661. The lowest BCUT2D eigenvalue weighted by molar-refractivity contribution is -0.124. The minimum atomic E-state index is -0.00814. The van der Waals surface area contributed by atoms with Crippen molar-refractivity contribution in [2.45, 2.75) is 56.7 Å². The van der Waals surface area contributed by atoms with Crippen LogP contribution in [0.2, 0.25) is 5.02 Å². The lowest BCUT2D eigenvalue weighted by Crippen LogP contribution is -2.58. The van der Waals surface area contributed by atoms with Crippen LogP contribution in [0.5, 0.6) is 5.75 Å². The van der Waals surface area contributed by atoms with Gasteiger partial charge in [0.1, 0.15) is 5.75 Å². The van der Waals surface area contributed by atoms with Crippen LogP contribution in [0.1, 0.15) is 37.7 Å². The number of ether oxygens (including phenoxy) is 1. The van der Waals surface area contributed by atoms with Gasteiger partial charge in [-0.2, -0.15) is 0 Å². The number of hydrogen-bond acceptors (Lipinski definition) is 4. The average Bonchev–Trinajstić information content (AvgIpc) is 2.76. The van der Waals surface area contributed by atoms with Crippen LogP contribution in [0.4, 0.5) is 5.69 Å². The fourth-order valence-electron chi connectivity index (χ4n) is 4.96. The van der Waals surface area contributed by atoms with Crippen molar-refractivity contribution in [2.24, 2.45) is 0 Å². The van der Waals surface area contributed by atoms with Gasteiger partial charge in [0, 0.05) is 28.8 Å². The maximum atomic E-state index is 12.6. The highest BCUT2D eigenvalue weighted by Crippen LogP contribution is 2.34. The first kappa shape index (κ1) is 22.6. The molecule has 2 aromatic carbocycles. The second-order valence-electron chi connectivity index (χ2n) is 8.73. The van der Waals surface area contributed by atoms with Gasteiger partial charge in [-0.25, -0.2) is 0 Å². The second kappa shape index (κ2) is 10.4. The monoisotopic (exact) mass is 455 g/mol. The molecule has 2 aliphatic heterocycles. The van der Waals surface area contributed by atoms with Gasteiger partial charge in [-0.05, 0) is 67.6 Å². The van der Waals surface area contributed by atoms with Gasteiger partial charge in [0.2, 0.25) is 11.8 Å². The molecule has 2 unspecified atom stereocenters. The molecule has 6 nitrogen and oxygen atoms in total. The van der Waals surface area contributed by atoms with Crippen LogP contribution in [0, 0.1) is 0 Å². The largest absolute Gasteiger partial charge is 0.497 e. The van der Waals surface area contributed by atoms with Gasteiger partial charge in [-0.15, -0.1) is 0 Å². The van der Waals surface area contributed by atoms with Crippen LogP contribution in [0.3, 0.4) is 0 Å². The van der Waals surface area contributed by atoms with E-state index < -0.39 is 0 Å². The summed E-state index contributed by atoms with van der Waals surface area (Å²) >= 11 is 5.92. The van der Waals surface area contributed by atoms with E-state index in [-0.39, 0.29) is 17.9 Å². The molecule has 2 aromatic rings. The van der Waals surface area contributed by atoms with Crippen LogP contribution in [0.25, 0.3) is 0 Å². The Morgan fingerprint density at radius 3 is 2.28 bits per heavy atom. The van der Waals surface area contributed by atoms with E-state index >= 15 is 0 Å². The molecule has 2 fully saturated rings. The summed E-state index contributed by atoms with van der Waals surface area (Å²) in [5, 5.41) is 6.85. The lowest BCUT2D eigenvalue weighted by atomic mass is 9.81. The van der Waals surface area contributed by atoms with Gasteiger partial charge in [0.25, 0.3) is 0 Å². The van der Waals surface area contributed by atoms with Crippen LogP contribution < -0.4 is 15.4 Å². The summed E-state index contributed by atoms with van der Waals surface area (Å²) in [6, 6.07) is 15.6. The molecule has 7 heteroatoms. The molecule has 2 saturated heterocycles. The number of halogens is 1. The first-order chi connectivity index (χ1) is 15.5. The average molecular weight is 456 g/mol. The van der Waals surface area contributed by atoms with Gasteiger partial charge in [0.15, 0.2) is 0 Å². The van der Waals surface area contributed by atoms with E-state index in [4.69, 9.17) is 16.3 Å². The summed E-state index contributed by atoms with van der Waals surface area (Å²) in [6.07, 6.45) is 5.45. The Morgan fingerprint density at radius 1 is 1.00 bits per heavy atom. The van der Waals surface area contributed by atoms with Crippen LogP contribution in [-0.2, 0) is 16.0 Å². The fraction of sp³-hybridized carbons (Fsp3) is 0.440. The summed E-state index contributed by atoms with van der Waals surface area (Å²) in [7, 11) is 1.63. The molecule has 2 heterocycles. The van der Waals surface area contributed by atoms with Crippen molar-refractivity contribution < 1.29 is 14.3 Å². The second-order valence-corrected chi connectivity index (χ2v) is 9.16. The highest BCUT2D eigenvalue weighted by molar-refractivity contribution is 6.30. The third-order valence-electron chi connectivity index (χ3n) is 6.47. The number of nitrogens with zero attached hydrogens (tertiary/aromatic N) is 1. The normalized spacial score (nSPS) is 22.8. The highest BCUT2D eigenvalue weighted by atomic mass is 35.5. The van der Waals surface area contributed by atoms with Crippen molar-refractivity contribution in [1.82, 2.24) is 10.2 Å². The number of benzene rings is 2. The molecule has 2 atom stereocenters. The van der Waals surface area contributed by atoms with Crippen molar-refractivity contribution in [2.75, 3.05) is 19.0 Å². The van der Waals surface area contributed by atoms with Gasteiger partial charge >= 0.3 is 0 Å². The summed E-state index contributed by atoms with van der Waals surface area (Å²) in [4.78, 5) is 27.6. The maximum Gasteiger partial charge on any atom is 0.238 e. The van der Waals surface area contributed by atoms with E-state index in [1.54, 1.807) is 19.2 Å². The third-order valence-corrected chi connectivity index (χ3v) is 6.72. The van der Waals surface area contributed by atoms with Crippen molar-refractivity contribution in [1.29, 1.82) is 0 Å². The summed E-state index contributed by atoms with van der Waals surface area (Å²) in [5.41, 5.74) is 1.73. The Kier molecular flexibility index (Phi) is 7.33. The zero-order valence-corrected chi connectivity index (χ0v) is 19.1. The number of piperidine rings is 2. The highest BCUT2D eigenvalue weighted by Gasteiger charge is 2.39. The topological polar surface area (TPSA) is 70.7 Å². The van der Waals surface area contributed by atoms with E-state index in [9.17, 15) is 9.59 Å². The summed E-state index contributed by atoms with van der Waals surface area (Å²) < 4.78 is 5.17. The van der Waals surface area contributed by atoms with Crippen molar-refractivity contribution in [3.05, 3.63) is 59.1 Å². The Labute approximate surface area is 194 Å². The van der Waals surface area contributed by atoms with E-state index in [1.165, 1.54) is 6.42 Å². The van der Waals surface area contributed by atoms with Crippen molar-refractivity contribution in [3.8, 4) is 5.75 Å². The van der Waals surface area contributed by atoms with Crippen LogP contribution >= 0.6 is 11.6 Å². The molecule has 0 aromatic heterocycles. The molecule has 170 valence electrons. The number of amides is 2. The molecule has 32 heavy (non-hydrogen) atoms. The molecule has 0 saturated carbocycles. The first-order valence-corrected chi connectivity index (χ1v) is 11.6. The van der Waals surface area contributed by atoms with Crippen molar-refractivity contribution in [3.63, 3.8) is 0 Å². The molecule has 4 rings (SSSR count). The minimum absolute atomic E-state index is 0.00814. The Hall–Kier alpha value is -2.57.